The Balaban J connectivity index is 1.84. The summed E-state index contributed by atoms with van der Waals surface area (Å²) in [5.74, 6) is 2.15. The molecule has 0 N–H and O–H groups in total. The molecule has 0 amide bonds. The molecule has 0 bridgehead atoms. The highest BCUT2D eigenvalue weighted by Gasteiger charge is 2.23. The zero-order valence-corrected chi connectivity index (χ0v) is 13.1. The molecule has 1 aromatic heterocycles. The molecule has 3 aromatic rings. The lowest BCUT2D eigenvalue weighted by molar-refractivity contribution is 0.494. The molecule has 0 unspecified atom stereocenters. The number of benzene rings is 2. The highest BCUT2D eigenvalue weighted by atomic mass is 32.1. The second-order valence-electron chi connectivity index (χ2n) is 5.54. The summed E-state index contributed by atoms with van der Waals surface area (Å²) >= 11 is 1.71. The third kappa shape index (κ3) is 2.36. The van der Waals surface area contributed by atoms with Gasteiger partial charge in [-0.1, -0.05) is 54.1 Å². The van der Waals surface area contributed by atoms with E-state index in [4.69, 9.17) is 4.74 Å². The summed E-state index contributed by atoms with van der Waals surface area (Å²) in [6.45, 7) is 2.12. The van der Waals surface area contributed by atoms with Gasteiger partial charge in [-0.15, -0.1) is 11.3 Å². The van der Waals surface area contributed by atoms with Crippen LogP contribution in [0.25, 0.3) is 5.76 Å². The van der Waals surface area contributed by atoms with Gasteiger partial charge in [-0.25, -0.2) is 0 Å². The third-order valence-corrected chi connectivity index (χ3v) is 4.88. The second kappa shape index (κ2) is 5.47. The van der Waals surface area contributed by atoms with Gasteiger partial charge in [-0.2, -0.15) is 0 Å². The normalized spacial score (nSPS) is 16.6. The van der Waals surface area contributed by atoms with E-state index in [9.17, 15) is 0 Å². The molecule has 0 radical (unpaired) electrons. The van der Waals surface area contributed by atoms with Crippen molar-refractivity contribution in [2.45, 2.75) is 12.8 Å². The number of para-hydroxylation sites is 1. The molecule has 1 atom stereocenters. The van der Waals surface area contributed by atoms with Gasteiger partial charge in [0.25, 0.3) is 0 Å². The number of allylic oxidation sites excluding steroid dienone is 1. The van der Waals surface area contributed by atoms with Crippen LogP contribution in [-0.2, 0) is 0 Å². The minimum absolute atomic E-state index is 0.239. The first-order chi connectivity index (χ1) is 10.8. The van der Waals surface area contributed by atoms with Gasteiger partial charge in [0.15, 0.2) is 0 Å². The fourth-order valence-electron chi connectivity index (χ4n) is 2.82. The molecule has 0 aliphatic carbocycles. The predicted molar refractivity (Wildman–Crippen MR) is 92.4 cm³/mol. The maximum absolute atomic E-state index is 6.12. The van der Waals surface area contributed by atoms with Crippen LogP contribution in [0.2, 0.25) is 0 Å². The van der Waals surface area contributed by atoms with Crippen LogP contribution < -0.4 is 4.74 Å². The average molecular weight is 304 g/mol. The molecular formula is C20H16OS. The van der Waals surface area contributed by atoms with Gasteiger partial charge in [0, 0.05) is 11.5 Å². The van der Waals surface area contributed by atoms with Crippen molar-refractivity contribution in [3.05, 3.63) is 93.7 Å². The minimum atomic E-state index is 0.239. The SMILES string of the molecule is Cc1ccc([C@H]2C=C(c3cccs3)Oc3ccccc32)cc1. The van der Waals surface area contributed by atoms with Crippen LogP contribution in [0.1, 0.15) is 27.5 Å². The first kappa shape index (κ1) is 13.4. The number of hydrogen-bond donors (Lipinski definition) is 0. The molecule has 2 heterocycles. The van der Waals surface area contributed by atoms with Gasteiger partial charge in [-0.05, 0) is 36.1 Å². The quantitative estimate of drug-likeness (QED) is 0.597. The van der Waals surface area contributed by atoms with Gasteiger partial charge in [0.1, 0.15) is 11.5 Å². The van der Waals surface area contributed by atoms with Crippen molar-refractivity contribution >= 4 is 17.1 Å². The lowest BCUT2D eigenvalue weighted by Crippen LogP contribution is -2.09. The molecular weight excluding hydrogens is 288 g/mol. The fraction of sp³-hybridized carbons (Fsp3) is 0.100. The maximum Gasteiger partial charge on any atom is 0.141 e. The summed E-state index contributed by atoms with van der Waals surface area (Å²) in [4.78, 5) is 1.17. The van der Waals surface area contributed by atoms with E-state index in [0.29, 0.717) is 0 Å². The van der Waals surface area contributed by atoms with Crippen LogP contribution in [0.15, 0.2) is 72.1 Å². The van der Waals surface area contributed by atoms with E-state index in [1.165, 1.54) is 21.6 Å². The molecule has 1 aliphatic heterocycles. The summed E-state index contributed by atoms with van der Waals surface area (Å²) in [6, 6.07) is 21.3. The summed E-state index contributed by atoms with van der Waals surface area (Å²) in [7, 11) is 0. The van der Waals surface area contributed by atoms with Crippen molar-refractivity contribution in [2.75, 3.05) is 0 Å². The Hall–Kier alpha value is -2.32. The van der Waals surface area contributed by atoms with Crippen molar-refractivity contribution in [2.24, 2.45) is 0 Å². The Morgan fingerprint density at radius 1 is 0.909 bits per heavy atom. The molecule has 4 rings (SSSR count). The zero-order valence-electron chi connectivity index (χ0n) is 12.3. The van der Waals surface area contributed by atoms with Gasteiger partial charge < -0.3 is 4.74 Å². The zero-order chi connectivity index (χ0) is 14.9. The molecule has 0 saturated carbocycles. The molecule has 1 nitrogen and oxygen atoms in total. The molecule has 1 aliphatic rings. The van der Waals surface area contributed by atoms with Gasteiger partial charge in [0.05, 0.1) is 4.88 Å². The molecule has 0 saturated heterocycles. The number of thiophene rings is 1. The van der Waals surface area contributed by atoms with Crippen LogP contribution >= 0.6 is 11.3 Å². The molecule has 2 heteroatoms. The highest BCUT2D eigenvalue weighted by Crippen LogP contribution is 2.41. The Kier molecular flexibility index (Phi) is 3.32. The van der Waals surface area contributed by atoms with Gasteiger partial charge in [0.2, 0.25) is 0 Å². The van der Waals surface area contributed by atoms with E-state index >= 15 is 0 Å². The minimum Gasteiger partial charge on any atom is -0.456 e. The standard InChI is InChI=1S/C20H16OS/c1-14-8-10-15(11-9-14)17-13-19(20-7-4-12-22-20)21-18-6-3-2-5-16(17)18/h2-13,17H,1H3/t17-/m1/s1. The number of fused-ring (bicyclic) bond motifs is 1. The van der Waals surface area contributed by atoms with E-state index in [2.05, 4.69) is 73.0 Å². The maximum atomic E-state index is 6.12. The van der Waals surface area contributed by atoms with Gasteiger partial charge in [-0.3, -0.25) is 0 Å². The number of ether oxygens (including phenoxy) is 1. The topological polar surface area (TPSA) is 9.23 Å². The predicted octanol–water partition coefficient (Wildman–Crippen LogP) is 5.62. The highest BCUT2D eigenvalue weighted by molar-refractivity contribution is 7.11. The Morgan fingerprint density at radius 3 is 2.50 bits per heavy atom. The van der Waals surface area contributed by atoms with E-state index < -0.39 is 0 Å². The Morgan fingerprint density at radius 2 is 1.73 bits per heavy atom. The van der Waals surface area contributed by atoms with Crippen molar-refractivity contribution in [3.8, 4) is 5.75 Å². The van der Waals surface area contributed by atoms with Crippen LogP contribution in [0, 0.1) is 6.92 Å². The largest absolute Gasteiger partial charge is 0.456 e. The summed E-state index contributed by atoms with van der Waals surface area (Å²) in [6.07, 6.45) is 2.23. The molecule has 0 fully saturated rings. The summed E-state index contributed by atoms with van der Waals surface area (Å²) in [5.41, 5.74) is 3.81. The molecule has 0 spiro atoms. The lowest BCUT2D eigenvalue weighted by Gasteiger charge is -2.25. The van der Waals surface area contributed by atoms with Crippen LogP contribution in [0.5, 0.6) is 5.75 Å². The van der Waals surface area contributed by atoms with Crippen LogP contribution in [-0.4, -0.2) is 0 Å². The molecule has 22 heavy (non-hydrogen) atoms. The third-order valence-electron chi connectivity index (χ3n) is 3.99. The number of hydrogen-bond acceptors (Lipinski definition) is 2. The van der Waals surface area contributed by atoms with Crippen molar-refractivity contribution in [1.82, 2.24) is 0 Å². The van der Waals surface area contributed by atoms with E-state index in [-0.39, 0.29) is 5.92 Å². The van der Waals surface area contributed by atoms with Crippen molar-refractivity contribution < 1.29 is 4.74 Å². The fourth-order valence-corrected chi connectivity index (χ4v) is 3.51. The lowest BCUT2D eigenvalue weighted by atomic mass is 9.88. The molecule has 108 valence electrons. The molecule has 2 aromatic carbocycles. The number of aryl methyl sites for hydroxylation is 1. The van der Waals surface area contributed by atoms with Crippen molar-refractivity contribution in [1.29, 1.82) is 0 Å². The smallest absolute Gasteiger partial charge is 0.141 e. The van der Waals surface area contributed by atoms with E-state index in [1.54, 1.807) is 11.3 Å². The summed E-state index contributed by atoms with van der Waals surface area (Å²) in [5, 5.41) is 2.08. The Bertz CT molecular complexity index is 813. The van der Waals surface area contributed by atoms with Crippen LogP contribution in [0.4, 0.5) is 0 Å². The van der Waals surface area contributed by atoms with E-state index in [1.807, 2.05) is 6.07 Å². The number of rotatable bonds is 2. The van der Waals surface area contributed by atoms with Crippen LogP contribution in [0.3, 0.4) is 0 Å². The summed E-state index contributed by atoms with van der Waals surface area (Å²) < 4.78 is 6.12. The van der Waals surface area contributed by atoms with E-state index in [0.717, 1.165) is 11.5 Å². The average Bonchev–Trinajstić information content (AvgIpc) is 3.09. The first-order valence-electron chi connectivity index (χ1n) is 7.40. The second-order valence-corrected chi connectivity index (χ2v) is 6.48. The first-order valence-corrected chi connectivity index (χ1v) is 8.28. The monoisotopic (exact) mass is 304 g/mol. The Labute approximate surface area is 134 Å². The van der Waals surface area contributed by atoms with Crippen molar-refractivity contribution in [3.63, 3.8) is 0 Å². The van der Waals surface area contributed by atoms with Gasteiger partial charge >= 0.3 is 0 Å².